The van der Waals surface area contributed by atoms with Gasteiger partial charge in [0.15, 0.2) is 5.82 Å². The maximum absolute atomic E-state index is 17.1. The number of hydroxylamine groups is 2. The summed E-state index contributed by atoms with van der Waals surface area (Å²) in [6.07, 6.45) is -1.02. The Labute approximate surface area is 271 Å². The van der Waals surface area contributed by atoms with Crippen LogP contribution in [0.4, 0.5) is 15.9 Å². The molecule has 0 radical (unpaired) electrons. The lowest BCUT2D eigenvalue weighted by molar-refractivity contribution is -0.379. The van der Waals surface area contributed by atoms with Crippen molar-refractivity contribution in [2.24, 2.45) is 0 Å². The summed E-state index contributed by atoms with van der Waals surface area (Å²) in [5.41, 5.74) is 5.53. The average molecular weight is 650 g/mol. The van der Waals surface area contributed by atoms with Crippen LogP contribution < -0.4 is 21.3 Å². The van der Waals surface area contributed by atoms with Gasteiger partial charge in [-0.05, 0) is 44.1 Å². The lowest BCUT2D eigenvalue weighted by Gasteiger charge is -2.49. The zero-order valence-corrected chi connectivity index (χ0v) is 26.1. The van der Waals surface area contributed by atoms with Crippen LogP contribution in [0.25, 0.3) is 0 Å². The summed E-state index contributed by atoms with van der Waals surface area (Å²) in [7, 11) is 0. The molecule has 16 heteroatoms. The highest BCUT2D eigenvalue weighted by Gasteiger charge is 2.46. The number of nitrogens with zero attached hydrogens (tertiary/aromatic N) is 7. The van der Waals surface area contributed by atoms with Crippen LogP contribution in [0.1, 0.15) is 36.0 Å². The van der Waals surface area contributed by atoms with Gasteiger partial charge in [-0.3, -0.25) is 14.7 Å². The number of halogens is 1. The summed E-state index contributed by atoms with van der Waals surface area (Å²) in [6, 6.07) is 17.5. The molecule has 4 N–H and O–H groups in total. The van der Waals surface area contributed by atoms with Crippen LogP contribution in [-0.2, 0) is 20.9 Å². The van der Waals surface area contributed by atoms with E-state index in [1.165, 1.54) is 5.06 Å². The molecule has 1 aromatic heterocycles. The van der Waals surface area contributed by atoms with Crippen molar-refractivity contribution in [3.8, 4) is 6.07 Å². The van der Waals surface area contributed by atoms with Gasteiger partial charge in [0, 0.05) is 31.7 Å². The van der Waals surface area contributed by atoms with Crippen LogP contribution in [0.5, 0.6) is 0 Å². The average Bonchev–Trinajstić information content (AvgIpc) is 3.50. The van der Waals surface area contributed by atoms with Crippen molar-refractivity contribution in [3.05, 3.63) is 76.0 Å². The van der Waals surface area contributed by atoms with E-state index in [1.54, 1.807) is 29.3 Å². The first-order valence-electron chi connectivity index (χ1n) is 16.1. The Morgan fingerprint density at radius 1 is 1.06 bits per heavy atom. The smallest absolute Gasteiger partial charge is 0.340 e. The lowest BCUT2D eigenvalue weighted by atomic mass is 10.1. The van der Waals surface area contributed by atoms with Gasteiger partial charge in [-0.2, -0.15) is 15.4 Å². The molecule has 2 aromatic carbocycles. The Hall–Kier alpha value is -3.92. The predicted molar refractivity (Wildman–Crippen MR) is 169 cm³/mol. The second-order valence-electron chi connectivity index (χ2n) is 12.1. The van der Waals surface area contributed by atoms with E-state index < -0.39 is 18.2 Å². The normalized spacial score (nSPS) is 24.2. The Morgan fingerprint density at radius 3 is 2.55 bits per heavy atom. The fourth-order valence-electron chi connectivity index (χ4n) is 6.50. The van der Waals surface area contributed by atoms with E-state index in [0.717, 1.165) is 76.7 Å². The number of piperazine rings is 1. The number of piperidine rings is 1. The molecule has 0 aliphatic carbocycles. The van der Waals surface area contributed by atoms with Crippen LogP contribution >= 0.6 is 0 Å². The quantitative estimate of drug-likeness (QED) is 0.235. The van der Waals surface area contributed by atoms with Gasteiger partial charge >= 0.3 is 5.69 Å². The maximum Gasteiger partial charge on any atom is 0.340 e. The third kappa shape index (κ3) is 7.03. The molecule has 2 atom stereocenters. The monoisotopic (exact) mass is 649 g/mol. The van der Waals surface area contributed by atoms with Crippen LogP contribution in [-0.4, -0.2) is 113 Å². The van der Waals surface area contributed by atoms with Crippen molar-refractivity contribution in [2.45, 2.75) is 44.1 Å². The number of anilines is 2. The molecule has 7 rings (SSSR count). The molecule has 4 saturated heterocycles. The van der Waals surface area contributed by atoms with Crippen molar-refractivity contribution in [3.63, 3.8) is 0 Å². The molecule has 15 nitrogen and oxygen atoms in total. The van der Waals surface area contributed by atoms with Crippen LogP contribution in [0.3, 0.4) is 0 Å². The van der Waals surface area contributed by atoms with E-state index in [2.05, 4.69) is 47.9 Å². The van der Waals surface area contributed by atoms with Gasteiger partial charge in [0.1, 0.15) is 19.4 Å². The first kappa shape index (κ1) is 31.7. The van der Waals surface area contributed by atoms with E-state index in [4.69, 9.17) is 14.3 Å². The van der Waals surface area contributed by atoms with Gasteiger partial charge < -0.3 is 25.1 Å². The van der Waals surface area contributed by atoms with Crippen molar-refractivity contribution < 1.29 is 18.8 Å². The number of rotatable bonds is 10. The van der Waals surface area contributed by atoms with Gasteiger partial charge in [0.05, 0.1) is 48.4 Å². The summed E-state index contributed by atoms with van der Waals surface area (Å²) >= 11 is 0. The van der Waals surface area contributed by atoms with Crippen LogP contribution in [0, 0.1) is 11.3 Å². The molecule has 4 fully saturated rings. The number of hydrogen-bond acceptors (Lipinski definition) is 13. The van der Waals surface area contributed by atoms with Crippen molar-refractivity contribution in [1.29, 1.82) is 5.26 Å². The number of H-pyrrole nitrogens is 2. The molecule has 47 heavy (non-hydrogen) atoms. The summed E-state index contributed by atoms with van der Waals surface area (Å²) in [6.45, 7) is 6.60. The number of aromatic amines is 2. The second kappa shape index (κ2) is 14.5. The molecular weight excluding hydrogens is 609 g/mol. The third-order valence-electron chi connectivity index (χ3n) is 9.11. The number of nitrogens with one attached hydrogen (secondary N) is 4. The zero-order valence-electron chi connectivity index (χ0n) is 26.1. The van der Waals surface area contributed by atoms with Crippen LogP contribution in [0.2, 0.25) is 0 Å². The fourth-order valence-corrected chi connectivity index (χ4v) is 6.50. The predicted octanol–water partition coefficient (Wildman–Crippen LogP) is 1.46. The van der Waals surface area contributed by atoms with E-state index in [0.29, 0.717) is 22.3 Å². The van der Waals surface area contributed by atoms with Crippen molar-refractivity contribution in [1.82, 2.24) is 40.6 Å². The number of aromatic nitrogens is 3. The highest BCUT2D eigenvalue weighted by atomic mass is 19.2. The summed E-state index contributed by atoms with van der Waals surface area (Å²) < 4.78 is 29.0. The highest BCUT2D eigenvalue weighted by molar-refractivity contribution is 5.69. The second-order valence-corrected chi connectivity index (χ2v) is 12.1. The van der Waals surface area contributed by atoms with E-state index in [-0.39, 0.29) is 25.2 Å². The van der Waals surface area contributed by atoms with Gasteiger partial charge in [-0.25, -0.2) is 9.89 Å². The minimum absolute atomic E-state index is 0.0406. The number of hydrogen-bond donors (Lipinski definition) is 4. The van der Waals surface area contributed by atoms with Gasteiger partial charge in [-0.1, -0.05) is 35.5 Å². The molecule has 0 amide bonds. The number of ether oxygens (including phenoxy) is 2. The first-order chi connectivity index (χ1) is 23.1. The Kier molecular flexibility index (Phi) is 9.74. The number of para-hydroxylation sites is 2. The number of nitriles is 1. The van der Waals surface area contributed by atoms with Crippen molar-refractivity contribution in [2.75, 3.05) is 69.5 Å². The topological polar surface area (TPSA) is 153 Å². The molecular formula is C31H40FN11O4. The van der Waals surface area contributed by atoms with Crippen molar-refractivity contribution >= 4 is 11.4 Å². The minimum Gasteiger partial charge on any atom is -0.378 e. The molecule has 5 heterocycles. The van der Waals surface area contributed by atoms with Gasteiger partial charge in [0.2, 0.25) is 6.35 Å². The fraction of sp³-hybridized carbons (Fsp3) is 0.516. The van der Waals surface area contributed by atoms with E-state index in [9.17, 15) is 10.1 Å². The standard InChI is InChI=1S/C31H40FN11O4/c32-43-29(25-6-2-1-5-22(25)17-33)42(46-20-28-35-30(44)37-36-28)21-41(31(43)47-24-9-11-34-12-10-24)38-26-7-3-4-8-27(26)40-15-13-39(14-16-40)23-18-45-19-23/h1-8,23-24,29,31,34,38H,9-16,18-21H2,(H2,35,36,37,44). The van der Waals surface area contributed by atoms with E-state index >= 15 is 4.48 Å². The molecule has 0 saturated carbocycles. The third-order valence-corrected chi connectivity index (χ3v) is 9.11. The highest BCUT2D eigenvalue weighted by Crippen LogP contribution is 2.38. The largest absolute Gasteiger partial charge is 0.378 e. The molecule has 0 bridgehead atoms. The maximum atomic E-state index is 17.1. The van der Waals surface area contributed by atoms with Gasteiger partial charge in [-0.15, -0.1) is 9.54 Å². The molecule has 0 spiro atoms. The minimum atomic E-state index is -1.16. The number of hydrazine groups is 1. The first-order valence-corrected chi connectivity index (χ1v) is 16.1. The zero-order chi connectivity index (χ0) is 32.2. The lowest BCUT2D eigenvalue weighted by Crippen LogP contribution is -2.63. The Bertz CT molecular complexity index is 1580. The SMILES string of the molecule is N#Cc1ccccc1C1N(OCc2n[nH]c(=O)[nH]2)CN(Nc2ccccc2N2CCN(C3COC3)CC2)C(OC2CCNCC2)N1F. The summed E-state index contributed by atoms with van der Waals surface area (Å²) in [5, 5.41) is 23.2. The Balaban J connectivity index is 1.18. The van der Waals surface area contributed by atoms with E-state index in [1.807, 2.05) is 18.2 Å². The molecule has 3 aromatic rings. The number of benzene rings is 2. The molecule has 2 unspecified atom stereocenters. The summed E-state index contributed by atoms with van der Waals surface area (Å²) in [5.74, 6) is 0.248. The van der Waals surface area contributed by atoms with Crippen LogP contribution in [0.15, 0.2) is 53.3 Å². The molecule has 4 aliphatic heterocycles. The summed E-state index contributed by atoms with van der Waals surface area (Å²) in [4.78, 5) is 25.2. The molecule has 4 aliphatic rings. The molecule has 250 valence electrons. The Morgan fingerprint density at radius 2 is 1.83 bits per heavy atom. The van der Waals surface area contributed by atoms with Gasteiger partial charge in [0.25, 0.3) is 0 Å².